The van der Waals surface area contributed by atoms with Gasteiger partial charge in [0.1, 0.15) is 6.29 Å². The number of rotatable bonds is 5. The van der Waals surface area contributed by atoms with Gasteiger partial charge in [-0.15, -0.1) is 0 Å². The number of carbonyl (C=O) groups is 1. The van der Waals surface area contributed by atoms with Crippen LogP contribution in [0.3, 0.4) is 0 Å². The van der Waals surface area contributed by atoms with E-state index in [1.165, 1.54) is 18.4 Å². The Bertz CT molecular complexity index is 716. The molecule has 1 aromatic carbocycles. The lowest BCUT2D eigenvalue weighted by atomic mass is 9.91. The summed E-state index contributed by atoms with van der Waals surface area (Å²) in [5, 5.41) is 14.3. The molecule has 9 heteroatoms. The van der Waals surface area contributed by atoms with E-state index in [0.29, 0.717) is 0 Å². The summed E-state index contributed by atoms with van der Waals surface area (Å²) < 4.78 is 0. The van der Waals surface area contributed by atoms with Crippen molar-refractivity contribution in [3.05, 3.63) is 29.8 Å². The Morgan fingerprint density at radius 1 is 1.00 bits per heavy atom. The molecule has 4 unspecified atom stereocenters. The topological polar surface area (TPSA) is 95.7 Å². The molecule has 6 N–H and O–H groups in total. The monoisotopic (exact) mass is 414 g/mol. The third-order valence-corrected chi connectivity index (χ3v) is 6.74. The summed E-state index contributed by atoms with van der Waals surface area (Å²) in [6.07, 6.45) is 2.44. The van der Waals surface area contributed by atoms with Crippen molar-refractivity contribution in [3.63, 3.8) is 0 Å². The first kappa shape index (κ1) is 20.2. The molecular formula is C21H34N8O. The predicted octanol–water partition coefficient (Wildman–Crippen LogP) is -0.979. The smallest absolute Gasteiger partial charge is 0.242 e. The van der Waals surface area contributed by atoms with Gasteiger partial charge in [0.2, 0.25) is 5.91 Å². The first-order chi connectivity index (χ1) is 14.8. The minimum absolute atomic E-state index is 0.0268. The fourth-order valence-corrected chi connectivity index (χ4v) is 5.07. The highest BCUT2D eigenvalue weighted by Gasteiger charge is 2.45. The highest BCUT2D eigenvalue weighted by atomic mass is 16.2. The number of nitrogens with one attached hydrogen (secondary N) is 6. The second-order valence-corrected chi connectivity index (χ2v) is 8.83. The molecule has 0 aromatic heterocycles. The molecule has 0 bridgehead atoms. The number of carbonyl (C=O) groups excluding carboxylic acids is 1. The zero-order valence-corrected chi connectivity index (χ0v) is 17.5. The molecule has 4 aliphatic heterocycles. The quantitative estimate of drug-likeness (QED) is 0.366. The van der Waals surface area contributed by atoms with Gasteiger partial charge in [0.05, 0.1) is 12.1 Å². The van der Waals surface area contributed by atoms with Crippen molar-refractivity contribution < 1.29 is 4.79 Å². The molecule has 1 amide bonds. The van der Waals surface area contributed by atoms with Crippen LogP contribution in [-0.2, 0) is 11.3 Å². The number of likely N-dealkylation sites (tertiary alicyclic amines) is 1. The van der Waals surface area contributed by atoms with Gasteiger partial charge >= 0.3 is 0 Å². The number of fused-ring (bicyclic) bond motifs is 1. The Labute approximate surface area is 178 Å². The molecule has 0 radical (unpaired) electrons. The summed E-state index contributed by atoms with van der Waals surface area (Å²) in [6, 6.07) is 8.77. The van der Waals surface area contributed by atoms with E-state index >= 15 is 0 Å². The molecule has 1 aromatic rings. The third kappa shape index (κ3) is 4.46. The standard InChI is InChI=1S/C21H34N8O/c30-20-18-17(13-23-27-20)25-21(29-9-1-2-10-29)26-19(18)24-16-5-3-15(4-6-16)14-28-11-7-22-8-12-28/h3-6,17-19,21-26H,1-2,7-14H2,(H,27,30). The number of hydrazine groups is 1. The molecule has 164 valence electrons. The van der Waals surface area contributed by atoms with E-state index in [4.69, 9.17) is 0 Å². The molecule has 4 saturated heterocycles. The van der Waals surface area contributed by atoms with E-state index < -0.39 is 0 Å². The van der Waals surface area contributed by atoms with Crippen LogP contribution in [0.2, 0.25) is 0 Å². The maximum absolute atomic E-state index is 12.6. The van der Waals surface area contributed by atoms with Crippen molar-refractivity contribution in [2.75, 3.05) is 51.1 Å². The van der Waals surface area contributed by atoms with Crippen LogP contribution < -0.4 is 32.1 Å². The summed E-state index contributed by atoms with van der Waals surface area (Å²) in [6.45, 7) is 8.24. The number of nitrogens with zero attached hydrogens (tertiary/aromatic N) is 2. The third-order valence-electron chi connectivity index (χ3n) is 6.74. The number of hydrogen-bond donors (Lipinski definition) is 6. The SMILES string of the molecule is O=C1NNCC2NC(N3CCCC3)NC(Nc3ccc(CN4CCNCC4)cc3)C12. The van der Waals surface area contributed by atoms with Gasteiger partial charge in [-0.1, -0.05) is 12.1 Å². The molecule has 0 saturated carbocycles. The maximum Gasteiger partial charge on any atom is 0.242 e. The van der Waals surface area contributed by atoms with Gasteiger partial charge in [0.15, 0.2) is 0 Å². The van der Waals surface area contributed by atoms with Gasteiger partial charge in [-0.05, 0) is 30.5 Å². The molecule has 4 aliphatic rings. The van der Waals surface area contributed by atoms with E-state index in [-0.39, 0.29) is 30.3 Å². The Hall–Kier alpha value is -1.75. The lowest BCUT2D eigenvalue weighted by Crippen LogP contribution is -2.76. The average Bonchev–Trinajstić information content (AvgIpc) is 3.31. The van der Waals surface area contributed by atoms with E-state index in [1.807, 2.05) is 0 Å². The maximum atomic E-state index is 12.6. The van der Waals surface area contributed by atoms with Crippen molar-refractivity contribution in [1.82, 2.24) is 36.6 Å². The van der Waals surface area contributed by atoms with Crippen molar-refractivity contribution in [2.45, 2.75) is 37.9 Å². The molecule has 30 heavy (non-hydrogen) atoms. The number of piperazine rings is 1. The minimum atomic E-state index is -0.175. The lowest BCUT2D eigenvalue weighted by molar-refractivity contribution is -0.132. The van der Waals surface area contributed by atoms with Crippen molar-refractivity contribution in [3.8, 4) is 0 Å². The van der Waals surface area contributed by atoms with Crippen LogP contribution in [0.15, 0.2) is 24.3 Å². The zero-order chi connectivity index (χ0) is 20.3. The molecular weight excluding hydrogens is 380 g/mol. The van der Waals surface area contributed by atoms with Crippen molar-refractivity contribution in [1.29, 1.82) is 0 Å². The molecule has 0 spiro atoms. The largest absolute Gasteiger partial charge is 0.369 e. The van der Waals surface area contributed by atoms with Crippen LogP contribution in [0.25, 0.3) is 0 Å². The Balaban J connectivity index is 1.26. The average molecular weight is 415 g/mol. The first-order valence-corrected chi connectivity index (χ1v) is 11.3. The van der Waals surface area contributed by atoms with E-state index in [1.54, 1.807) is 0 Å². The van der Waals surface area contributed by atoms with Gasteiger partial charge in [0.25, 0.3) is 0 Å². The van der Waals surface area contributed by atoms with E-state index in [2.05, 4.69) is 66.2 Å². The van der Waals surface area contributed by atoms with Crippen molar-refractivity contribution >= 4 is 11.6 Å². The summed E-state index contributed by atoms with van der Waals surface area (Å²) in [7, 11) is 0. The van der Waals surface area contributed by atoms with Crippen LogP contribution in [0.5, 0.6) is 0 Å². The van der Waals surface area contributed by atoms with Crippen LogP contribution in [0.1, 0.15) is 18.4 Å². The van der Waals surface area contributed by atoms with E-state index in [0.717, 1.165) is 58.0 Å². The van der Waals surface area contributed by atoms with Crippen LogP contribution in [0, 0.1) is 5.92 Å². The van der Waals surface area contributed by atoms with Gasteiger partial charge < -0.3 is 10.6 Å². The van der Waals surface area contributed by atoms with Crippen LogP contribution >= 0.6 is 0 Å². The lowest BCUT2D eigenvalue weighted by Gasteiger charge is -2.48. The second kappa shape index (κ2) is 9.17. The summed E-state index contributed by atoms with van der Waals surface area (Å²) in [5.41, 5.74) is 8.21. The Morgan fingerprint density at radius 2 is 1.77 bits per heavy atom. The zero-order valence-electron chi connectivity index (χ0n) is 17.5. The molecule has 5 rings (SSSR count). The van der Waals surface area contributed by atoms with Crippen molar-refractivity contribution in [2.24, 2.45) is 5.92 Å². The number of benzene rings is 1. The number of anilines is 1. The van der Waals surface area contributed by atoms with Gasteiger partial charge in [-0.2, -0.15) is 0 Å². The summed E-state index contributed by atoms with van der Waals surface area (Å²) in [4.78, 5) is 17.5. The van der Waals surface area contributed by atoms with Crippen LogP contribution in [-0.4, -0.2) is 80.0 Å². The van der Waals surface area contributed by atoms with Gasteiger partial charge in [0, 0.05) is 64.1 Å². The fourth-order valence-electron chi connectivity index (χ4n) is 5.07. The second-order valence-electron chi connectivity index (χ2n) is 8.83. The van der Waals surface area contributed by atoms with Gasteiger partial charge in [-0.25, -0.2) is 5.43 Å². The Kier molecular flexibility index (Phi) is 6.17. The number of amides is 1. The van der Waals surface area contributed by atoms with Gasteiger partial charge in [-0.3, -0.25) is 30.7 Å². The Morgan fingerprint density at radius 3 is 2.53 bits per heavy atom. The molecule has 4 fully saturated rings. The molecule has 9 nitrogen and oxygen atoms in total. The highest BCUT2D eigenvalue weighted by Crippen LogP contribution is 2.23. The molecule has 4 atom stereocenters. The summed E-state index contributed by atoms with van der Waals surface area (Å²) >= 11 is 0. The predicted molar refractivity (Wildman–Crippen MR) is 116 cm³/mol. The highest BCUT2D eigenvalue weighted by molar-refractivity contribution is 5.81. The normalized spacial score (nSPS) is 33.1. The van der Waals surface area contributed by atoms with E-state index in [9.17, 15) is 4.79 Å². The van der Waals surface area contributed by atoms with Crippen LogP contribution in [0.4, 0.5) is 5.69 Å². The minimum Gasteiger partial charge on any atom is -0.369 e. The number of hydrogen-bond acceptors (Lipinski definition) is 8. The summed E-state index contributed by atoms with van der Waals surface area (Å²) in [5.74, 6) is -0.149. The molecule has 0 aliphatic carbocycles. The molecule has 4 heterocycles. The fraction of sp³-hybridized carbons (Fsp3) is 0.667. The first-order valence-electron chi connectivity index (χ1n) is 11.3.